The summed E-state index contributed by atoms with van der Waals surface area (Å²) in [7, 11) is 0. The number of non-ortho nitro benzene ring substituents is 1. The monoisotopic (exact) mass is 441 g/mol. The zero-order chi connectivity index (χ0) is 23.2. The van der Waals surface area contributed by atoms with Crippen LogP contribution in [-0.2, 0) is 6.61 Å². The van der Waals surface area contributed by atoms with Crippen LogP contribution in [0.5, 0.6) is 11.5 Å². The van der Waals surface area contributed by atoms with Gasteiger partial charge in [-0.25, -0.2) is 5.43 Å². The molecule has 8 heteroatoms. The number of nitrogens with zero attached hydrogens (tertiary/aromatic N) is 2. The van der Waals surface area contributed by atoms with Gasteiger partial charge >= 0.3 is 0 Å². The third-order valence-electron chi connectivity index (χ3n) is 4.95. The second-order valence-electron chi connectivity index (χ2n) is 7.16. The molecule has 8 nitrogen and oxygen atoms in total. The Labute approximate surface area is 188 Å². The van der Waals surface area contributed by atoms with Gasteiger partial charge in [0.15, 0.2) is 0 Å². The number of amides is 1. The quantitative estimate of drug-likeness (QED) is 0.243. The van der Waals surface area contributed by atoms with Gasteiger partial charge < -0.3 is 9.84 Å². The van der Waals surface area contributed by atoms with Crippen LogP contribution in [0.2, 0.25) is 0 Å². The molecular formula is C25H19N3O5. The Balaban J connectivity index is 1.41. The summed E-state index contributed by atoms with van der Waals surface area (Å²) in [6.07, 6.45) is 1.41. The standard InChI is InChI=1S/C25H19N3O5/c29-24-12-11-20(28(31)32)14-23(24)25(30)27-26-15-17-5-3-9-21(13-17)33-16-19-8-4-7-18-6-1-2-10-22(18)19/h1-15,29H,16H2,(H,27,30)/b26-15-. The number of carbonyl (C=O) groups excluding carboxylic acids is 1. The van der Waals surface area contributed by atoms with Crippen molar-refractivity contribution < 1.29 is 19.6 Å². The minimum atomic E-state index is -0.768. The van der Waals surface area contributed by atoms with Gasteiger partial charge in [0.1, 0.15) is 18.1 Å². The van der Waals surface area contributed by atoms with Crippen LogP contribution in [0.1, 0.15) is 21.5 Å². The molecule has 0 saturated carbocycles. The molecule has 0 aliphatic rings. The summed E-state index contributed by atoms with van der Waals surface area (Å²) in [6.45, 7) is 0.394. The van der Waals surface area contributed by atoms with Crippen molar-refractivity contribution in [1.82, 2.24) is 5.43 Å². The van der Waals surface area contributed by atoms with E-state index < -0.39 is 10.8 Å². The lowest BCUT2D eigenvalue weighted by molar-refractivity contribution is -0.384. The molecule has 1 amide bonds. The first-order valence-corrected chi connectivity index (χ1v) is 10.0. The fourth-order valence-electron chi connectivity index (χ4n) is 3.31. The number of nitro benzene ring substituents is 1. The average Bonchev–Trinajstić information content (AvgIpc) is 2.83. The number of benzene rings is 4. The summed E-state index contributed by atoms with van der Waals surface area (Å²) in [4.78, 5) is 22.5. The lowest BCUT2D eigenvalue weighted by Gasteiger charge is -2.09. The highest BCUT2D eigenvalue weighted by Crippen LogP contribution is 2.23. The zero-order valence-electron chi connectivity index (χ0n) is 17.3. The maximum atomic E-state index is 12.2. The molecule has 4 aromatic rings. The molecule has 0 fully saturated rings. The van der Waals surface area contributed by atoms with Crippen LogP contribution in [0.4, 0.5) is 5.69 Å². The van der Waals surface area contributed by atoms with Gasteiger partial charge in [0, 0.05) is 12.1 Å². The lowest BCUT2D eigenvalue weighted by Crippen LogP contribution is -2.18. The van der Waals surface area contributed by atoms with Crippen LogP contribution < -0.4 is 10.2 Å². The van der Waals surface area contributed by atoms with Crippen molar-refractivity contribution >= 4 is 28.6 Å². The van der Waals surface area contributed by atoms with E-state index in [1.807, 2.05) is 30.3 Å². The first kappa shape index (κ1) is 21.5. The van der Waals surface area contributed by atoms with Crippen LogP contribution in [0.25, 0.3) is 10.8 Å². The molecule has 0 heterocycles. The number of hydrazone groups is 1. The van der Waals surface area contributed by atoms with Gasteiger partial charge in [-0.3, -0.25) is 14.9 Å². The van der Waals surface area contributed by atoms with Crippen molar-refractivity contribution in [2.24, 2.45) is 5.10 Å². The summed E-state index contributed by atoms with van der Waals surface area (Å²) in [5.74, 6) is -0.512. The van der Waals surface area contributed by atoms with E-state index in [4.69, 9.17) is 4.74 Å². The molecule has 0 aliphatic carbocycles. The fourth-order valence-corrected chi connectivity index (χ4v) is 3.31. The zero-order valence-corrected chi connectivity index (χ0v) is 17.3. The Morgan fingerprint density at radius 1 is 1.03 bits per heavy atom. The summed E-state index contributed by atoms with van der Waals surface area (Å²) >= 11 is 0. The van der Waals surface area contributed by atoms with E-state index in [1.54, 1.807) is 18.2 Å². The molecule has 164 valence electrons. The van der Waals surface area contributed by atoms with Crippen LogP contribution in [0.3, 0.4) is 0 Å². The third kappa shape index (κ3) is 5.13. The van der Waals surface area contributed by atoms with E-state index >= 15 is 0 Å². The topological polar surface area (TPSA) is 114 Å². The van der Waals surface area contributed by atoms with Crippen molar-refractivity contribution in [3.05, 3.63) is 112 Å². The van der Waals surface area contributed by atoms with Gasteiger partial charge in [0.05, 0.1) is 16.7 Å². The molecule has 0 spiro atoms. The molecule has 4 aromatic carbocycles. The molecule has 0 aromatic heterocycles. The Morgan fingerprint density at radius 3 is 2.67 bits per heavy atom. The maximum Gasteiger partial charge on any atom is 0.275 e. The summed E-state index contributed by atoms with van der Waals surface area (Å²) < 4.78 is 5.94. The van der Waals surface area contributed by atoms with E-state index in [0.29, 0.717) is 17.9 Å². The highest BCUT2D eigenvalue weighted by molar-refractivity contribution is 5.98. The van der Waals surface area contributed by atoms with Gasteiger partial charge in [0.25, 0.3) is 11.6 Å². The van der Waals surface area contributed by atoms with Crippen LogP contribution >= 0.6 is 0 Å². The van der Waals surface area contributed by atoms with E-state index in [9.17, 15) is 20.0 Å². The number of phenolic OH excluding ortho intramolecular Hbond substituents is 1. The second kappa shape index (κ2) is 9.61. The fraction of sp³-hybridized carbons (Fsp3) is 0.0400. The number of ether oxygens (including phenoxy) is 1. The van der Waals surface area contributed by atoms with Gasteiger partial charge in [-0.1, -0.05) is 54.6 Å². The smallest absolute Gasteiger partial charge is 0.275 e. The van der Waals surface area contributed by atoms with Crippen LogP contribution in [-0.4, -0.2) is 22.2 Å². The molecule has 0 unspecified atom stereocenters. The second-order valence-corrected chi connectivity index (χ2v) is 7.16. The Morgan fingerprint density at radius 2 is 1.82 bits per heavy atom. The number of fused-ring (bicyclic) bond motifs is 1. The number of hydrogen-bond donors (Lipinski definition) is 2. The van der Waals surface area contributed by atoms with Gasteiger partial charge in [-0.2, -0.15) is 5.10 Å². The SMILES string of the molecule is O=C(N/N=C\c1cccc(OCc2cccc3ccccc23)c1)c1cc([N+](=O)[O-])ccc1O. The van der Waals surface area contributed by atoms with Crippen molar-refractivity contribution in [3.63, 3.8) is 0 Å². The molecule has 33 heavy (non-hydrogen) atoms. The third-order valence-corrected chi connectivity index (χ3v) is 4.95. The normalized spacial score (nSPS) is 10.9. The Bertz CT molecular complexity index is 1360. The molecule has 0 atom stereocenters. The first-order chi connectivity index (χ1) is 16.0. The van der Waals surface area contributed by atoms with E-state index in [1.165, 1.54) is 6.21 Å². The molecule has 2 N–H and O–H groups in total. The van der Waals surface area contributed by atoms with Crippen molar-refractivity contribution in [2.75, 3.05) is 0 Å². The van der Waals surface area contributed by atoms with Gasteiger partial charge in [0.2, 0.25) is 0 Å². The number of nitrogens with one attached hydrogen (secondary N) is 1. The van der Waals surface area contributed by atoms with E-state index in [2.05, 4.69) is 28.7 Å². The van der Waals surface area contributed by atoms with E-state index in [0.717, 1.165) is 34.5 Å². The minimum absolute atomic E-state index is 0.242. The largest absolute Gasteiger partial charge is 0.507 e. The number of nitro groups is 1. The lowest BCUT2D eigenvalue weighted by atomic mass is 10.1. The Hall–Kier alpha value is -4.72. The van der Waals surface area contributed by atoms with Crippen molar-refractivity contribution in [3.8, 4) is 11.5 Å². The molecule has 0 bridgehead atoms. The van der Waals surface area contributed by atoms with Crippen LogP contribution in [0, 0.1) is 10.1 Å². The molecule has 0 saturated heterocycles. The predicted molar refractivity (Wildman–Crippen MR) is 125 cm³/mol. The highest BCUT2D eigenvalue weighted by Gasteiger charge is 2.16. The number of carbonyl (C=O) groups is 1. The van der Waals surface area contributed by atoms with E-state index in [-0.39, 0.29) is 17.0 Å². The highest BCUT2D eigenvalue weighted by atomic mass is 16.6. The summed E-state index contributed by atoms with van der Waals surface area (Å²) in [6, 6.07) is 24.5. The predicted octanol–water partition coefficient (Wildman–Crippen LogP) is 4.80. The number of rotatable bonds is 7. The summed E-state index contributed by atoms with van der Waals surface area (Å²) in [5, 5.41) is 26.8. The number of aromatic hydroxyl groups is 1. The number of hydrogen-bond acceptors (Lipinski definition) is 6. The average molecular weight is 441 g/mol. The van der Waals surface area contributed by atoms with Gasteiger partial charge in [-0.15, -0.1) is 0 Å². The van der Waals surface area contributed by atoms with Crippen molar-refractivity contribution in [2.45, 2.75) is 6.61 Å². The number of phenols is 1. The molecule has 0 radical (unpaired) electrons. The molecular weight excluding hydrogens is 422 g/mol. The van der Waals surface area contributed by atoms with Crippen molar-refractivity contribution in [1.29, 1.82) is 0 Å². The molecule has 4 rings (SSSR count). The first-order valence-electron chi connectivity index (χ1n) is 10.0. The van der Waals surface area contributed by atoms with Crippen LogP contribution in [0.15, 0.2) is 90.0 Å². The maximum absolute atomic E-state index is 12.2. The summed E-state index contributed by atoms with van der Waals surface area (Å²) in [5.41, 5.74) is 3.45. The minimum Gasteiger partial charge on any atom is -0.507 e. The molecule has 0 aliphatic heterocycles. The Kier molecular flexibility index (Phi) is 6.26. The van der Waals surface area contributed by atoms with Gasteiger partial charge in [-0.05, 0) is 40.1 Å².